The van der Waals surface area contributed by atoms with Gasteiger partial charge < -0.3 is 9.80 Å². The summed E-state index contributed by atoms with van der Waals surface area (Å²) in [6.07, 6.45) is 1.21. The molecular weight excluding hydrogens is 242 g/mol. The summed E-state index contributed by atoms with van der Waals surface area (Å²) >= 11 is 0. The highest BCUT2D eigenvalue weighted by Crippen LogP contribution is 2.46. The molecule has 0 aromatic carbocycles. The fraction of sp³-hybridized carbons (Fsp3) is 0.786. The molecule has 1 aliphatic rings. The van der Waals surface area contributed by atoms with Gasteiger partial charge >= 0.3 is 0 Å². The Hall–Kier alpha value is -1.57. The molecule has 0 spiro atoms. The molecule has 1 saturated carbocycles. The molecule has 0 aromatic heterocycles. The van der Waals surface area contributed by atoms with Crippen molar-refractivity contribution in [1.29, 1.82) is 5.26 Å². The summed E-state index contributed by atoms with van der Waals surface area (Å²) in [4.78, 5) is 27.3. The molecule has 0 bridgehead atoms. The first-order valence-corrected chi connectivity index (χ1v) is 6.84. The second kappa shape index (κ2) is 6.05. The van der Waals surface area contributed by atoms with Crippen molar-refractivity contribution in [2.45, 2.75) is 33.6 Å². The summed E-state index contributed by atoms with van der Waals surface area (Å²) in [6, 6.07) is 2.14. The van der Waals surface area contributed by atoms with Gasteiger partial charge in [-0.2, -0.15) is 5.26 Å². The Labute approximate surface area is 115 Å². The Bertz CT molecular complexity index is 390. The molecule has 0 unspecified atom stereocenters. The number of carbonyl (C=O) groups is 2. The van der Waals surface area contributed by atoms with Crippen LogP contribution in [0.15, 0.2) is 0 Å². The first kappa shape index (κ1) is 15.5. The zero-order chi connectivity index (χ0) is 14.6. The molecule has 5 nitrogen and oxygen atoms in total. The molecule has 0 aromatic rings. The second-order valence-corrected chi connectivity index (χ2v) is 5.43. The number of carbonyl (C=O) groups excluding carboxylic acids is 2. The minimum absolute atomic E-state index is 0.0539. The topological polar surface area (TPSA) is 64.4 Å². The third kappa shape index (κ3) is 3.06. The molecule has 5 heteroatoms. The van der Waals surface area contributed by atoms with Crippen LogP contribution in [0.5, 0.6) is 0 Å². The van der Waals surface area contributed by atoms with Crippen molar-refractivity contribution < 1.29 is 9.59 Å². The van der Waals surface area contributed by atoms with Gasteiger partial charge in [0.15, 0.2) is 0 Å². The van der Waals surface area contributed by atoms with E-state index < -0.39 is 5.41 Å². The second-order valence-electron chi connectivity index (χ2n) is 5.43. The fourth-order valence-electron chi connectivity index (χ4n) is 2.76. The van der Waals surface area contributed by atoms with Gasteiger partial charge in [0, 0.05) is 20.1 Å². The zero-order valence-corrected chi connectivity index (χ0v) is 12.3. The third-order valence-corrected chi connectivity index (χ3v) is 3.85. The number of nitrogens with zero attached hydrogens (tertiary/aromatic N) is 3. The minimum atomic E-state index is -0.891. The first-order chi connectivity index (χ1) is 8.90. The predicted octanol–water partition coefficient (Wildman–Crippen LogP) is 1.25. The monoisotopic (exact) mass is 265 g/mol. The summed E-state index contributed by atoms with van der Waals surface area (Å²) in [7, 11) is 1.60. The van der Waals surface area contributed by atoms with Crippen molar-refractivity contribution in [3.8, 4) is 6.07 Å². The molecule has 1 fully saturated rings. The Morgan fingerprint density at radius 1 is 1.32 bits per heavy atom. The Morgan fingerprint density at radius 3 is 2.21 bits per heavy atom. The minimum Gasteiger partial charge on any atom is -0.342 e. The maximum atomic E-state index is 12.3. The van der Waals surface area contributed by atoms with Crippen LogP contribution in [0.4, 0.5) is 0 Å². The molecule has 0 atom stereocenters. The molecule has 2 amide bonds. The van der Waals surface area contributed by atoms with Crippen LogP contribution in [-0.2, 0) is 9.59 Å². The van der Waals surface area contributed by atoms with E-state index in [0.29, 0.717) is 31.8 Å². The maximum Gasteiger partial charge on any atom is 0.243 e. The van der Waals surface area contributed by atoms with Crippen LogP contribution in [0.25, 0.3) is 0 Å². The van der Waals surface area contributed by atoms with E-state index in [1.54, 1.807) is 11.9 Å². The number of amides is 2. The standard InChI is InChI=1S/C14H23N3O2/c1-5-17(6-2)12(18)9-16(4)13(19)14(10-15)7-11(3)8-14/h11H,5-9H2,1-4H3. The molecule has 19 heavy (non-hydrogen) atoms. The quantitative estimate of drug-likeness (QED) is 0.751. The molecule has 0 heterocycles. The molecule has 1 aliphatic carbocycles. The van der Waals surface area contributed by atoms with Gasteiger partial charge in [-0.1, -0.05) is 6.92 Å². The van der Waals surface area contributed by atoms with Crippen LogP contribution >= 0.6 is 0 Å². The SMILES string of the molecule is CCN(CC)C(=O)CN(C)C(=O)C1(C#N)CC(C)C1. The van der Waals surface area contributed by atoms with Gasteiger partial charge in [0.2, 0.25) is 11.8 Å². The zero-order valence-electron chi connectivity index (χ0n) is 12.3. The van der Waals surface area contributed by atoms with Gasteiger partial charge in [-0.25, -0.2) is 0 Å². The van der Waals surface area contributed by atoms with Gasteiger partial charge in [0.25, 0.3) is 0 Å². The number of likely N-dealkylation sites (N-methyl/N-ethyl adjacent to an activating group) is 2. The number of rotatable bonds is 5. The Kier molecular flexibility index (Phi) is 4.93. The van der Waals surface area contributed by atoms with Crippen LogP contribution in [0.1, 0.15) is 33.6 Å². The van der Waals surface area contributed by atoms with Crippen LogP contribution in [-0.4, -0.2) is 48.3 Å². The highest BCUT2D eigenvalue weighted by molar-refractivity contribution is 5.90. The molecular formula is C14H23N3O2. The number of nitriles is 1. The lowest BCUT2D eigenvalue weighted by atomic mass is 9.63. The summed E-state index contributed by atoms with van der Waals surface area (Å²) in [5.41, 5.74) is -0.891. The van der Waals surface area contributed by atoms with Crippen molar-refractivity contribution in [2.24, 2.45) is 11.3 Å². The van der Waals surface area contributed by atoms with Crippen LogP contribution in [0, 0.1) is 22.7 Å². The summed E-state index contributed by atoms with van der Waals surface area (Å²) in [5, 5.41) is 9.22. The largest absolute Gasteiger partial charge is 0.342 e. The van der Waals surface area contributed by atoms with Crippen molar-refractivity contribution >= 4 is 11.8 Å². The average molecular weight is 265 g/mol. The van der Waals surface area contributed by atoms with Gasteiger partial charge in [0.1, 0.15) is 5.41 Å². The van der Waals surface area contributed by atoms with Crippen molar-refractivity contribution in [3.05, 3.63) is 0 Å². The number of hydrogen-bond acceptors (Lipinski definition) is 3. The normalized spacial score (nSPS) is 25.1. The van der Waals surface area contributed by atoms with E-state index in [-0.39, 0.29) is 18.4 Å². The molecule has 1 rings (SSSR count). The van der Waals surface area contributed by atoms with E-state index in [0.717, 1.165) is 0 Å². The average Bonchev–Trinajstić information content (AvgIpc) is 2.35. The summed E-state index contributed by atoms with van der Waals surface area (Å²) < 4.78 is 0. The van der Waals surface area contributed by atoms with E-state index in [1.165, 1.54) is 4.90 Å². The summed E-state index contributed by atoms with van der Waals surface area (Å²) in [6.45, 7) is 7.18. The molecule has 0 N–H and O–H groups in total. The highest BCUT2D eigenvalue weighted by atomic mass is 16.2. The van der Waals surface area contributed by atoms with E-state index >= 15 is 0 Å². The fourth-order valence-corrected chi connectivity index (χ4v) is 2.76. The smallest absolute Gasteiger partial charge is 0.243 e. The first-order valence-electron chi connectivity index (χ1n) is 6.84. The Morgan fingerprint density at radius 2 is 1.84 bits per heavy atom. The van der Waals surface area contributed by atoms with Crippen molar-refractivity contribution in [3.63, 3.8) is 0 Å². The summed E-state index contributed by atoms with van der Waals surface area (Å²) in [5.74, 6) is 0.130. The van der Waals surface area contributed by atoms with Crippen molar-refractivity contribution in [1.82, 2.24) is 9.80 Å². The molecule has 0 saturated heterocycles. The maximum absolute atomic E-state index is 12.3. The molecule has 0 radical (unpaired) electrons. The van der Waals surface area contributed by atoms with Crippen LogP contribution in [0.2, 0.25) is 0 Å². The van der Waals surface area contributed by atoms with Gasteiger partial charge in [-0.15, -0.1) is 0 Å². The van der Waals surface area contributed by atoms with Crippen LogP contribution in [0.3, 0.4) is 0 Å². The predicted molar refractivity (Wildman–Crippen MR) is 72.0 cm³/mol. The number of hydrogen-bond donors (Lipinski definition) is 0. The van der Waals surface area contributed by atoms with Crippen molar-refractivity contribution in [2.75, 3.05) is 26.7 Å². The van der Waals surface area contributed by atoms with E-state index in [4.69, 9.17) is 0 Å². The Balaban J connectivity index is 2.63. The lowest BCUT2D eigenvalue weighted by molar-refractivity contribution is -0.148. The van der Waals surface area contributed by atoms with E-state index in [2.05, 4.69) is 6.07 Å². The van der Waals surface area contributed by atoms with Crippen LogP contribution < -0.4 is 0 Å². The lowest BCUT2D eigenvalue weighted by Crippen LogP contribution is -2.51. The molecule has 106 valence electrons. The third-order valence-electron chi connectivity index (χ3n) is 3.85. The van der Waals surface area contributed by atoms with Gasteiger partial charge in [-0.05, 0) is 32.6 Å². The van der Waals surface area contributed by atoms with E-state index in [1.807, 2.05) is 20.8 Å². The highest BCUT2D eigenvalue weighted by Gasteiger charge is 2.50. The van der Waals surface area contributed by atoms with E-state index in [9.17, 15) is 14.9 Å². The lowest BCUT2D eigenvalue weighted by Gasteiger charge is -2.41. The van der Waals surface area contributed by atoms with Gasteiger partial charge in [-0.3, -0.25) is 9.59 Å². The molecule has 0 aliphatic heterocycles. The van der Waals surface area contributed by atoms with Gasteiger partial charge in [0.05, 0.1) is 12.6 Å².